The summed E-state index contributed by atoms with van der Waals surface area (Å²) in [5, 5.41) is 19.4. The van der Waals surface area contributed by atoms with E-state index in [0.29, 0.717) is 0 Å². The molecular weight excluding hydrogens is 310 g/mol. The van der Waals surface area contributed by atoms with E-state index in [0.717, 1.165) is 18.5 Å². The van der Waals surface area contributed by atoms with Crippen LogP contribution in [0.3, 0.4) is 0 Å². The van der Waals surface area contributed by atoms with Gasteiger partial charge < -0.3 is 10.2 Å². The molecule has 0 spiro atoms. The molecule has 1 heterocycles. The van der Waals surface area contributed by atoms with Crippen LogP contribution in [0.2, 0.25) is 0 Å². The van der Waals surface area contributed by atoms with Crippen LogP contribution in [0.25, 0.3) is 0 Å². The number of rotatable bonds is 15. The fourth-order valence-electron chi connectivity index (χ4n) is 3.34. The van der Waals surface area contributed by atoms with Crippen molar-refractivity contribution in [3.8, 4) is 11.6 Å². The first-order chi connectivity index (χ1) is 12.1. The van der Waals surface area contributed by atoms with E-state index < -0.39 is 0 Å². The van der Waals surface area contributed by atoms with Gasteiger partial charge >= 0.3 is 5.88 Å². The lowest BCUT2D eigenvalue weighted by molar-refractivity contribution is -0.703. The maximum atomic E-state index is 9.82. The van der Waals surface area contributed by atoms with Crippen LogP contribution < -0.4 is 4.57 Å². The van der Waals surface area contributed by atoms with E-state index in [9.17, 15) is 10.2 Å². The predicted octanol–water partition coefficient (Wildman–Crippen LogP) is 6.18. The molecule has 0 aliphatic carbocycles. The Hall–Kier alpha value is -1.25. The first kappa shape index (κ1) is 21.8. The second-order valence-corrected chi connectivity index (χ2v) is 7.49. The summed E-state index contributed by atoms with van der Waals surface area (Å²) in [5.41, 5.74) is 0.808. The second kappa shape index (κ2) is 14.0. The highest BCUT2D eigenvalue weighted by Crippen LogP contribution is 2.18. The molecule has 3 heteroatoms. The zero-order valence-electron chi connectivity index (χ0n) is 16.6. The standard InChI is InChI=1S/C22H39NO2/c1-3-4-5-6-7-8-9-10-11-12-13-14-15-16-17-23-19-20(2)21(24)18-22(23)25/h18-19H,3-17H2,1-2H3,(H,24,25)/p+1. The van der Waals surface area contributed by atoms with E-state index in [1.165, 1.54) is 89.5 Å². The van der Waals surface area contributed by atoms with Crippen molar-refractivity contribution in [3.05, 3.63) is 17.8 Å². The van der Waals surface area contributed by atoms with Crippen molar-refractivity contribution in [2.24, 2.45) is 0 Å². The highest BCUT2D eigenvalue weighted by Gasteiger charge is 2.12. The molecule has 2 N–H and O–H groups in total. The molecule has 1 aromatic heterocycles. The summed E-state index contributed by atoms with van der Waals surface area (Å²) < 4.78 is 1.83. The molecule has 0 amide bonds. The topological polar surface area (TPSA) is 44.3 Å². The minimum Gasteiger partial charge on any atom is -0.507 e. The lowest BCUT2D eigenvalue weighted by Gasteiger charge is -2.04. The van der Waals surface area contributed by atoms with Gasteiger partial charge in [0.25, 0.3) is 0 Å². The minimum atomic E-state index is 0.151. The average molecular weight is 351 g/mol. The maximum Gasteiger partial charge on any atom is 0.369 e. The summed E-state index contributed by atoms with van der Waals surface area (Å²) in [7, 11) is 0. The smallest absolute Gasteiger partial charge is 0.369 e. The zero-order chi connectivity index (χ0) is 18.3. The third-order valence-electron chi connectivity index (χ3n) is 5.07. The van der Waals surface area contributed by atoms with Gasteiger partial charge in [0.05, 0.1) is 11.6 Å². The summed E-state index contributed by atoms with van der Waals surface area (Å²) >= 11 is 0. The number of aromatic nitrogens is 1. The van der Waals surface area contributed by atoms with Crippen LogP contribution in [0.1, 0.15) is 102 Å². The average Bonchev–Trinajstić information content (AvgIpc) is 2.59. The summed E-state index contributed by atoms with van der Waals surface area (Å²) in [6.07, 6.45) is 20.8. The molecule has 0 saturated heterocycles. The van der Waals surface area contributed by atoms with E-state index in [-0.39, 0.29) is 11.6 Å². The van der Waals surface area contributed by atoms with Crippen LogP contribution in [-0.4, -0.2) is 10.2 Å². The fourth-order valence-corrected chi connectivity index (χ4v) is 3.34. The van der Waals surface area contributed by atoms with Crippen molar-refractivity contribution >= 4 is 0 Å². The number of nitrogens with zero attached hydrogens (tertiary/aromatic N) is 1. The summed E-state index contributed by atoms with van der Waals surface area (Å²) in [4.78, 5) is 0. The molecular formula is C22H40NO2+. The Bertz CT molecular complexity index is 460. The van der Waals surface area contributed by atoms with Gasteiger partial charge in [0.2, 0.25) is 0 Å². The molecule has 0 aliphatic heterocycles. The van der Waals surface area contributed by atoms with Crippen molar-refractivity contribution < 1.29 is 14.8 Å². The van der Waals surface area contributed by atoms with Gasteiger partial charge in [-0.25, -0.2) is 0 Å². The van der Waals surface area contributed by atoms with Crippen LogP contribution in [-0.2, 0) is 6.54 Å². The van der Waals surface area contributed by atoms with Gasteiger partial charge in [0.15, 0.2) is 12.7 Å². The van der Waals surface area contributed by atoms with Crippen LogP contribution >= 0.6 is 0 Å². The Labute approximate surface area is 155 Å². The zero-order valence-corrected chi connectivity index (χ0v) is 16.6. The Kier molecular flexibility index (Phi) is 12.2. The summed E-state index contributed by atoms with van der Waals surface area (Å²) in [5.74, 6) is 0.313. The summed E-state index contributed by atoms with van der Waals surface area (Å²) in [6.45, 7) is 4.96. The van der Waals surface area contributed by atoms with Crippen molar-refractivity contribution in [3.63, 3.8) is 0 Å². The molecule has 0 aliphatic rings. The molecule has 0 saturated carbocycles. The molecule has 3 nitrogen and oxygen atoms in total. The maximum absolute atomic E-state index is 9.82. The van der Waals surface area contributed by atoms with Gasteiger partial charge in [0.1, 0.15) is 5.75 Å². The van der Waals surface area contributed by atoms with Gasteiger partial charge in [-0.05, 0) is 13.3 Å². The number of hydrogen-bond acceptors (Lipinski definition) is 2. The number of hydrogen-bond donors (Lipinski definition) is 2. The lowest BCUT2D eigenvalue weighted by atomic mass is 10.0. The minimum absolute atomic E-state index is 0.151. The Balaban J connectivity index is 1.90. The highest BCUT2D eigenvalue weighted by atomic mass is 16.3. The Morgan fingerprint density at radius 2 is 1.16 bits per heavy atom. The normalized spacial score (nSPS) is 11.1. The fraction of sp³-hybridized carbons (Fsp3) is 0.773. The van der Waals surface area contributed by atoms with Gasteiger partial charge in [-0.2, -0.15) is 4.57 Å². The Morgan fingerprint density at radius 1 is 0.720 bits per heavy atom. The van der Waals surface area contributed by atoms with Crippen LogP contribution in [0.5, 0.6) is 11.6 Å². The molecule has 0 fully saturated rings. The van der Waals surface area contributed by atoms with E-state index >= 15 is 0 Å². The number of unbranched alkanes of at least 4 members (excludes halogenated alkanes) is 13. The van der Waals surface area contributed by atoms with Gasteiger partial charge in [-0.15, -0.1) is 0 Å². The summed E-state index contributed by atoms with van der Waals surface area (Å²) in [6, 6.07) is 1.43. The third-order valence-corrected chi connectivity index (χ3v) is 5.07. The van der Waals surface area contributed by atoms with Crippen molar-refractivity contribution in [1.29, 1.82) is 0 Å². The molecule has 0 atom stereocenters. The van der Waals surface area contributed by atoms with E-state index in [1.54, 1.807) is 0 Å². The van der Waals surface area contributed by atoms with Gasteiger partial charge in [-0.3, -0.25) is 0 Å². The largest absolute Gasteiger partial charge is 0.507 e. The highest BCUT2D eigenvalue weighted by molar-refractivity contribution is 5.28. The van der Waals surface area contributed by atoms with Crippen LogP contribution in [0.4, 0.5) is 0 Å². The number of aromatic hydroxyl groups is 2. The number of aryl methyl sites for hydroxylation is 2. The SMILES string of the molecule is CCCCCCCCCCCCCCCC[n+]1cc(C)c(O)cc1O. The third kappa shape index (κ3) is 10.4. The predicted molar refractivity (Wildman–Crippen MR) is 105 cm³/mol. The molecule has 0 aromatic carbocycles. The molecule has 0 unspecified atom stereocenters. The quantitative estimate of drug-likeness (QED) is 0.293. The molecule has 1 aromatic rings. The molecule has 144 valence electrons. The van der Waals surface area contributed by atoms with Crippen molar-refractivity contribution in [1.82, 2.24) is 0 Å². The molecule has 0 bridgehead atoms. The lowest BCUT2D eigenvalue weighted by Crippen LogP contribution is -2.33. The van der Waals surface area contributed by atoms with Crippen molar-refractivity contribution in [2.45, 2.75) is 110 Å². The van der Waals surface area contributed by atoms with E-state index in [1.807, 2.05) is 17.7 Å². The van der Waals surface area contributed by atoms with E-state index in [4.69, 9.17) is 0 Å². The molecule has 25 heavy (non-hydrogen) atoms. The van der Waals surface area contributed by atoms with Crippen molar-refractivity contribution in [2.75, 3.05) is 0 Å². The van der Waals surface area contributed by atoms with Crippen LogP contribution in [0, 0.1) is 6.92 Å². The van der Waals surface area contributed by atoms with Gasteiger partial charge in [0, 0.05) is 6.42 Å². The van der Waals surface area contributed by atoms with E-state index in [2.05, 4.69) is 6.92 Å². The molecule has 1 rings (SSSR count). The second-order valence-electron chi connectivity index (χ2n) is 7.49. The first-order valence-electron chi connectivity index (χ1n) is 10.6. The first-order valence-corrected chi connectivity index (χ1v) is 10.6. The van der Waals surface area contributed by atoms with Crippen LogP contribution in [0.15, 0.2) is 12.3 Å². The monoisotopic (exact) mass is 350 g/mol. The number of pyridine rings is 1. The molecule has 0 radical (unpaired) electrons. The Morgan fingerprint density at radius 3 is 1.64 bits per heavy atom. The van der Waals surface area contributed by atoms with Gasteiger partial charge in [-0.1, -0.05) is 84.0 Å².